The molecule has 0 amide bonds. The molecule has 2 aliphatic heterocycles. The van der Waals surface area contributed by atoms with Crippen molar-refractivity contribution in [1.82, 2.24) is 4.31 Å². The second-order valence-corrected chi connectivity index (χ2v) is 11.3. The van der Waals surface area contributed by atoms with Gasteiger partial charge in [-0.1, -0.05) is 66.2 Å². The van der Waals surface area contributed by atoms with Crippen molar-refractivity contribution >= 4 is 21.5 Å². The Labute approximate surface area is 200 Å². The number of para-hydroxylation sites is 1. The molecule has 1 aliphatic carbocycles. The van der Waals surface area contributed by atoms with Crippen LogP contribution in [0.4, 0.5) is 5.69 Å². The van der Waals surface area contributed by atoms with Gasteiger partial charge in [-0.2, -0.15) is 0 Å². The number of nitrogens with zero attached hydrogens (tertiary/aromatic N) is 2. The highest BCUT2D eigenvalue weighted by molar-refractivity contribution is 7.89. The summed E-state index contributed by atoms with van der Waals surface area (Å²) in [6.07, 6.45) is 2.63. The van der Waals surface area contributed by atoms with E-state index in [0.717, 1.165) is 16.8 Å². The zero-order valence-electron chi connectivity index (χ0n) is 19.0. The van der Waals surface area contributed by atoms with E-state index in [2.05, 4.69) is 29.2 Å². The van der Waals surface area contributed by atoms with E-state index >= 15 is 0 Å². The molecule has 1 spiro atoms. The fourth-order valence-corrected chi connectivity index (χ4v) is 7.56. The van der Waals surface area contributed by atoms with Gasteiger partial charge in [0.05, 0.1) is 16.4 Å². The first-order valence-electron chi connectivity index (χ1n) is 11.7. The maximum absolute atomic E-state index is 13.7. The molecular formula is C28H26N2O3S. The van der Waals surface area contributed by atoms with Gasteiger partial charge in [-0.15, -0.1) is 0 Å². The number of fused-ring (bicyclic) bond motifs is 1. The van der Waals surface area contributed by atoms with E-state index in [9.17, 15) is 13.2 Å². The normalized spacial score (nSPS) is 23.4. The van der Waals surface area contributed by atoms with Gasteiger partial charge in [-0.3, -0.25) is 9.10 Å². The van der Waals surface area contributed by atoms with Crippen molar-refractivity contribution in [2.24, 2.45) is 0 Å². The van der Waals surface area contributed by atoms with E-state index in [0.29, 0.717) is 31.6 Å². The van der Waals surface area contributed by atoms with Gasteiger partial charge in [0.1, 0.15) is 0 Å². The van der Waals surface area contributed by atoms with Crippen LogP contribution in [0.5, 0.6) is 0 Å². The highest BCUT2D eigenvalue weighted by Gasteiger charge is 2.61. The Hall–Kier alpha value is -3.38. The molecule has 0 radical (unpaired) electrons. The largest absolute Gasteiger partial charge is 0.362 e. The summed E-state index contributed by atoms with van der Waals surface area (Å²) >= 11 is 0. The maximum Gasteiger partial charge on any atom is 0.264 e. The minimum Gasteiger partial charge on any atom is -0.362 e. The van der Waals surface area contributed by atoms with Crippen molar-refractivity contribution in [3.05, 3.63) is 107 Å². The Morgan fingerprint density at radius 2 is 1.65 bits per heavy atom. The number of hydrogen-bond donors (Lipinski definition) is 0. The van der Waals surface area contributed by atoms with Crippen molar-refractivity contribution in [3.8, 4) is 0 Å². The van der Waals surface area contributed by atoms with E-state index in [1.54, 1.807) is 18.2 Å². The maximum atomic E-state index is 13.7. The molecule has 0 N–H and O–H groups in total. The number of hydrogen-bond acceptors (Lipinski definition) is 4. The Balaban J connectivity index is 1.48. The summed E-state index contributed by atoms with van der Waals surface area (Å²) in [4.78, 5) is 15.6. The molecule has 0 bridgehead atoms. The molecule has 0 saturated carbocycles. The topological polar surface area (TPSA) is 57.7 Å². The first-order chi connectivity index (χ1) is 16.4. The summed E-state index contributed by atoms with van der Waals surface area (Å²) in [5.74, 6) is -0.0208. The molecule has 3 aliphatic rings. The van der Waals surface area contributed by atoms with Crippen LogP contribution in [-0.4, -0.2) is 31.1 Å². The van der Waals surface area contributed by atoms with Gasteiger partial charge < -0.3 is 4.90 Å². The molecule has 6 rings (SSSR count). The van der Waals surface area contributed by atoms with Crippen LogP contribution in [0.1, 0.15) is 29.5 Å². The molecule has 2 heterocycles. The average Bonchev–Trinajstić information content (AvgIpc) is 3.35. The SMILES string of the molecule is Cc1ccc(S(=O)(=O)N2CC[C@@]34C2=CC(=O)C[C@@H]3N(Cc2ccccc2)c2ccccc24)cc1. The number of ketones is 1. The summed E-state index contributed by atoms with van der Waals surface area (Å²) in [7, 11) is -3.78. The number of anilines is 1. The molecular weight excluding hydrogens is 444 g/mol. The number of carbonyl (C=O) groups excluding carboxylic acids is 1. The second kappa shape index (κ2) is 7.57. The zero-order chi connectivity index (χ0) is 23.5. The number of rotatable bonds is 4. The van der Waals surface area contributed by atoms with Crippen LogP contribution in [0.3, 0.4) is 0 Å². The van der Waals surface area contributed by atoms with Crippen LogP contribution >= 0.6 is 0 Å². The summed E-state index contributed by atoms with van der Waals surface area (Å²) in [6.45, 7) is 2.97. The van der Waals surface area contributed by atoms with Crippen LogP contribution in [0, 0.1) is 6.92 Å². The Morgan fingerprint density at radius 3 is 2.41 bits per heavy atom. The summed E-state index contributed by atoms with van der Waals surface area (Å²) in [6, 6.07) is 25.3. The van der Waals surface area contributed by atoms with Gasteiger partial charge >= 0.3 is 0 Å². The summed E-state index contributed by atoms with van der Waals surface area (Å²) in [5.41, 5.74) is 4.49. The van der Waals surface area contributed by atoms with E-state index in [1.165, 1.54) is 9.87 Å². The fourth-order valence-electron chi connectivity index (χ4n) is 6.02. The van der Waals surface area contributed by atoms with Crippen LogP contribution in [0.25, 0.3) is 0 Å². The lowest BCUT2D eigenvalue weighted by Crippen LogP contribution is -2.49. The minimum atomic E-state index is -3.78. The van der Waals surface area contributed by atoms with Crippen LogP contribution in [0.2, 0.25) is 0 Å². The molecule has 1 fully saturated rings. The molecule has 1 saturated heterocycles. The number of carbonyl (C=O) groups is 1. The third-order valence-electron chi connectivity index (χ3n) is 7.57. The Morgan fingerprint density at radius 1 is 0.941 bits per heavy atom. The number of sulfonamides is 1. The number of aryl methyl sites for hydroxylation is 1. The highest BCUT2D eigenvalue weighted by atomic mass is 32.2. The van der Waals surface area contributed by atoms with Gasteiger partial charge in [0.2, 0.25) is 0 Å². The van der Waals surface area contributed by atoms with E-state index in [4.69, 9.17) is 0 Å². The number of allylic oxidation sites excluding steroid dienone is 1. The summed E-state index contributed by atoms with van der Waals surface area (Å²) in [5, 5.41) is 0. The standard InChI is InChI=1S/C28H26N2O3S/c1-20-11-13-23(14-12-20)34(32,33)30-16-15-28-24-9-5-6-10-25(24)29(19-21-7-3-2-4-8-21)26(28)17-22(31)18-27(28)30/h2-14,18,26H,15-17,19H2,1H3/t26-,28-/m0/s1. The van der Waals surface area contributed by atoms with Crippen molar-refractivity contribution < 1.29 is 13.2 Å². The first-order valence-corrected chi connectivity index (χ1v) is 13.1. The van der Waals surface area contributed by atoms with Crippen molar-refractivity contribution in [1.29, 1.82) is 0 Å². The molecule has 2 atom stereocenters. The molecule has 172 valence electrons. The van der Waals surface area contributed by atoms with Gasteiger partial charge in [0, 0.05) is 37.0 Å². The second-order valence-electron chi connectivity index (χ2n) is 9.46. The fraction of sp³-hybridized carbons (Fsp3) is 0.250. The van der Waals surface area contributed by atoms with E-state index in [1.807, 2.05) is 49.4 Å². The molecule has 5 nitrogen and oxygen atoms in total. The molecule has 3 aromatic rings. The average molecular weight is 471 g/mol. The lowest BCUT2D eigenvalue weighted by Gasteiger charge is -2.40. The molecule has 3 aromatic carbocycles. The van der Waals surface area contributed by atoms with Crippen molar-refractivity contribution in [2.75, 3.05) is 11.4 Å². The summed E-state index contributed by atoms with van der Waals surface area (Å²) < 4.78 is 29.0. The molecule has 6 heteroatoms. The minimum absolute atomic E-state index is 0.0208. The lowest BCUT2D eigenvalue weighted by atomic mass is 9.69. The third kappa shape index (κ3) is 2.98. The smallest absolute Gasteiger partial charge is 0.264 e. The highest BCUT2D eigenvalue weighted by Crippen LogP contribution is 2.59. The quantitative estimate of drug-likeness (QED) is 0.560. The molecule has 34 heavy (non-hydrogen) atoms. The lowest BCUT2D eigenvalue weighted by molar-refractivity contribution is -0.115. The monoisotopic (exact) mass is 470 g/mol. The Kier molecular flexibility index (Phi) is 4.71. The third-order valence-corrected chi connectivity index (χ3v) is 9.40. The van der Waals surface area contributed by atoms with E-state index in [-0.39, 0.29) is 16.7 Å². The van der Waals surface area contributed by atoms with Gasteiger partial charge in [-0.05, 0) is 42.7 Å². The Bertz CT molecular complexity index is 1410. The van der Waals surface area contributed by atoms with E-state index < -0.39 is 15.4 Å². The van der Waals surface area contributed by atoms with Gasteiger partial charge in [0.15, 0.2) is 5.78 Å². The zero-order valence-corrected chi connectivity index (χ0v) is 19.8. The molecule has 0 unspecified atom stereocenters. The first kappa shape index (κ1) is 21.2. The van der Waals surface area contributed by atoms with Crippen molar-refractivity contribution in [3.63, 3.8) is 0 Å². The van der Waals surface area contributed by atoms with Crippen LogP contribution < -0.4 is 4.90 Å². The van der Waals surface area contributed by atoms with Crippen LogP contribution in [-0.2, 0) is 26.8 Å². The van der Waals surface area contributed by atoms with Gasteiger partial charge in [-0.25, -0.2) is 8.42 Å². The van der Waals surface area contributed by atoms with Crippen LogP contribution in [0.15, 0.2) is 95.5 Å². The number of benzene rings is 3. The predicted octanol–water partition coefficient (Wildman–Crippen LogP) is 4.57. The van der Waals surface area contributed by atoms with Crippen molar-refractivity contribution in [2.45, 2.75) is 42.7 Å². The predicted molar refractivity (Wildman–Crippen MR) is 132 cm³/mol. The van der Waals surface area contributed by atoms with Gasteiger partial charge in [0.25, 0.3) is 10.0 Å². The molecule has 0 aromatic heterocycles.